The summed E-state index contributed by atoms with van der Waals surface area (Å²) in [6.07, 6.45) is 3.31. The van der Waals surface area contributed by atoms with Crippen LogP contribution in [0.5, 0.6) is 0 Å². The normalized spacial score (nSPS) is 17.7. The van der Waals surface area contributed by atoms with E-state index in [4.69, 9.17) is 18.0 Å². The van der Waals surface area contributed by atoms with Gasteiger partial charge in [-0.05, 0) is 38.2 Å². The molecule has 2 N–H and O–H groups in total. The van der Waals surface area contributed by atoms with Gasteiger partial charge >= 0.3 is 0 Å². The van der Waals surface area contributed by atoms with Gasteiger partial charge in [0.05, 0.1) is 10.7 Å². The molecular weight excluding hydrogens is 206 g/mol. The maximum Gasteiger partial charge on any atom is 0.0733 e. The fourth-order valence-electron chi connectivity index (χ4n) is 2.09. The molecule has 0 bridgehead atoms. The first-order valence-electron chi connectivity index (χ1n) is 5.30. The molecule has 82 valence electrons. The molecule has 0 radical (unpaired) electrons. The van der Waals surface area contributed by atoms with E-state index >= 15 is 0 Å². The number of nitrogens with zero attached hydrogens (tertiary/aromatic N) is 2. The van der Waals surface area contributed by atoms with Gasteiger partial charge in [0, 0.05) is 18.7 Å². The second-order valence-electron chi connectivity index (χ2n) is 4.73. The Labute approximate surface area is 95.7 Å². The number of aryl methyl sites for hydroxylation is 2. The van der Waals surface area contributed by atoms with E-state index in [1.54, 1.807) is 0 Å². The molecule has 1 aliphatic rings. The van der Waals surface area contributed by atoms with Crippen LogP contribution in [0.4, 0.5) is 0 Å². The fraction of sp³-hybridized carbons (Fsp3) is 0.636. The lowest BCUT2D eigenvalue weighted by atomic mass is 10.0. The molecule has 1 aliphatic carbocycles. The Balaban J connectivity index is 2.08. The van der Waals surface area contributed by atoms with Crippen molar-refractivity contribution in [2.75, 3.05) is 0 Å². The molecule has 0 saturated heterocycles. The lowest BCUT2D eigenvalue weighted by Gasteiger charge is -2.15. The van der Waals surface area contributed by atoms with E-state index in [0.717, 1.165) is 18.7 Å². The maximum absolute atomic E-state index is 5.62. The van der Waals surface area contributed by atoms with Crippen molar-refractivity contribution in [3.63, 3.8) is 0 Å². The van der Waals surface area contributed by atoms with Crippen molar-refractivity contribution in [3.05, 3.63) is 17.5 Å². The molecule has 0 atom stereocenters. The van der Waals surface area contributed by atoms with Crippen LogP contribution in [-0.4, -0.2) is 14.8 Å². The Hall–Kier alpha value is -0.900. The van der Waals surface area contributed by atoms with Gasteiger partial charge in [-0.15, -0.1) is 0 Å². The number of hydrogen-bond donors (Lipinski definition) is 1. The number of rotatable bonds is 4. The van der Waals surface area contributed by atoms with Crippen molar-refractivity contribution in [2.24, 2.45) is 11.1 Å². The van der Waals surface area contributed by atoms with E-state index in [9.17, 15) is 0 Å². The lowest BCUT2D eigenvalue weighted by molar-refractivity contribution is 0.404. The van der Waals surface area contributed by atoms with Gasteiger partial charge in [0.25, 0.3) is 0 Å². The fourth-order valence-corrected chi connectivity index (χ4v) is 2.40. The first-order chi connectivity index (χ1) is 7.01. The first kappa shape index (κ1) is 10.6. The first-order valence-corrected chi connectivity index (χ1v) is 5.71. The second-order valence-corrected chi connectivity index (χ2v) is 5.25. The summed E-state index contributed by atoms with van der Waals surface area (Å²) in [7, 11) is 0. The zero-order valence-electron chi connectivity index (χ0n) is 9.29. The van der Waals surface area contributed by atoms with Crippen LogP contribution in [0.25, 0.3) is 0 Å². The molecule has 1 aromatic rings. The van der Waals surface area contributed by atoms with Crippen molar-refractivity contribution in [1.82, 2.24) is 9.78 Å². The van der Waals surface area contributed by atoms with Crippen molar-refractivity contribution in [3.8, 4) is 0 Å². The molecule has 15 heavy (non-hydrogen) atoms. The third-order valence-corrected chi connectivity index (χ3v) is 3.24. The average molecular weight is 223 g/mol. The Morgan fingerprint density at radius 2 is 2.27 bits per heavy atom. The smallest absolute Gasteiger partial charge is 0.0733 e. The largest absolute Gasteiger partial charge is 0.393 e. The Morgan fingerprint density at radius 1 is 1.60 bits per heavy atom. The summed E-state index contributed by atoms with van der Waals surface area (Å²) in [5.74, 6) is 0. The number of hydrogen-bond acceptors (Lipinski definition) is 2. The highest BCUT2D eigenvalue weighted by Gasteiger charge is 2.43. The van der Waals surface area contributed by atoms with E-state index in [1.807, 2.05) is 6.92 Å². The summed E-state index contributed by atoms with van der Waals surface area (Å²) in [6, 6.07) is 2.11. The Kier molecular flexibility index (Phi) is 2.54. The molecule has 1 heterocycles. The Bertz CT molecular complexity index is 391. The Morgan fingerprint density at radius 3 is 2.67 bits per heavy atom. The molecule has 0 amide bonds. The van der Waals surface area contributed by atoms with E-state index < -0.39 is 0 Å². The van der Waals surface area contributed by atoms with Gasteiger partial charge in [-0.25, -0.2) is 0 Å². The minimum atomic E-state index is 0.315. The monoisotopic (exact) mass is 223 g/mol. The molecule has 0 aromatic carbocycles. The highest BCUT2D eigenvalue weighted by molar-refractivity contribution is 7.80. The van der Waals surface area contributed by atoms with Gasteiger partial charge in [-0.2, -0.15) is 5.10 Å². The van der Waals surface area contributed by atoms with Crippen LogP contribution in [0.2, 0.25) is 0 Å². The third-order valence-electron chi connectivity index (χ3n) is 3.09. The van der Waals surface area contributed by atoms with E-state index in [-0.39, 0.29) is 0 Å². The molecule has 4 heteroatoms. The molecule has 3 nitrogen and oxygen atoms in total. The summed E-state index contributed by atoms with van der Waals surface area (Å²) < 4.78 is 2.08. The zero-order valence-corrected chi connectivity index (χ0v) is 10.1. The van der Waals surface area contributed by atoms with Crippen LogP contribution < -0.4 is 5.73 Å². The quantitative estimate of drug-likeness (QED) is 0.794. The van der Waals surface area contributed by atoms with Crippen molar-refractivity contribution >= 4 is 17.2 Å². The number of aromatic nitrogens is 2. The number of thiocarbonyl (C=S) groups is 1. The SMILES string of the molecule is Cc1cc(C)n(CC2(CC(N)=S)CC2)n1. The minimum Gasteiger partial charge on any atom is -0.393 e. The van der Waals surface area contributed by atoms with Crippen LogP contribution in [0, 0.1) is 19.3 Å². The predicted molar refractivity (Wildman–Crippen MR) is 64.8 cm³/mol. The van der Waals surface area contributed by atoms with Crippen molar-refractivity contribution in [2.45, 2.75) is 39.7 Å². The van der Waals surface area contributed by atoms with Gasteiger partial charge < -0.3 is 5.73 Å². The molecule has 1 fully saturated rings. The minimum absolute atomic E-state index is 0.315. The topological polar surface area (TPSA) is 43.8 Å². The molecule has 0 aliphatic heterocycles. The predicted octanol–water partition coefficient (Wildman–Crippen LogP) is 1.96. The molecule has 1 saturated carbocycles. The average Bonchev–Trinajstić information content (AvgIpc) is 2.74. The van der Waals surface area contributed by atoms with Gasteiger partial charge in [-0.1, -0.05) is 12.2 Å². The second kappa shape index (κ2) is 3.59. The van der Waals surface area contributed by atoms with E-state index in [2.05, 4.69) is 22.8 Å². The lowest BCUT2D eigenvalue weighted by Crippen LogP contribution is -2.21. The standard InChI is InChI=1S/C11H17N3S/c1-8-5-9(2)14(13-8)7-11(3-4-11)6-10(12)15/h5H,3-4,6-7H2,1-2H3,(H2,12,15). The highest BCUT2D eigenvalue weighted by atomic mass is 32.1. The van der Waals surface area contributed by atoms with Crippen LogP contribution >= 0.6 is 12.2 Å². The summed E-state index contributed by atoms with van der Waals surface area (Å²) >= 11 is 4.99. The van der Waals surface area contributed by atoms with E-state index in [0.29, 0.717) is 10.4 Å². The van der Waals surface area contributed by atoms with Crippen LogP contribution in [0.3, 0.4) is 0 Å². The summed E-state index contributed by atoms with van der Waals surface area (Å²) in [5, 5.41) is 4.48. The van der Waals surface area contributed by atoms with Gasteiger partial charge in [0.15, 0.2) is 0 Å². The van der Waals surface area contributed by atoms with Crippen molar-refractivity contribution in [1.29, 1.82) is 0 Å². The van der Waals surface area contributed by atoms with Gasteiger partial charge in [0.1, 0.15) is 0 Å². The highest BCUT2D eigenvalue weighted by Crippen LogP contribution is 2.50. The van der Waals surface area contributed by atoms with Crippen LogP contribution in [0.1, 0.15) is 30.7 Å². The van der Waals surface area contributed by atoms with Gasteiger partial charge in [-0.3, -0.25) is 4.68 Å². The third kappa shape index (κ3) is 2.37. The molecule has 1 aromatic heterocycles. The molecular formula is C11H17N3S. The summed E-state index contributed by atoms with van der Waals surface area (Å²) in [6.45, 7) is 5.08. The van der Waals surface area contributed by atoms with Crippen molar-refractivity contribution < 1.29 is 0 Å². The molecule has 0 spiro atoms. The van der Waals surface area contributed by atoms with Crippen LogP contribution in [-0.2, 0) is 6.54 Å². The number of nitrogens with two attached hydrogens (primary N) is 1. The molecule has 2 rings (SSSR count). The van der Waals surface area contributed by atoms with Crippen LogP contribution in [0.15, 0.2) is 6.07 Å². The molecule has 0 unspecified atom stereocenters. The van der Waals surface area contributed by atoms with E-state index in [1.165, 1.54) is 18.5 Å². The summed E-state index contributed by atoms with van der Waals surface area (Å²) in [4.78, 5) is 0.633. The zero-order chi connectivity index (χ0) is 11.1. The maximum atomic E-state index is 5.62. The van der Waals surface area contributed by atoms with Gasteiger partial charge in [0.2, 0.25) is 0 Å². The summed E-state index contributed by atoms with van der Waals surface area (Å²) in [5.41, 5.74) is 8.24.